The zero-order chi connectivity index (χ0) is 15.2. The summed E-state index contributed by atoms with van der Waals surface area (Å²) in [5, 5.41) is 15.0. The Morgan fingerprint density at radius 2 is 2.14 bits per heavy atom. The van der Waals surface area contributed by atoms with Gasteiger partial charge in [0.2, 0.25) is 0 Å². The van der Waals surface area contributed by atoms with Gasteiger partial charge in [0.15, 0.2) is 0 Å². The summed E-state index contributed by atoms with van der Waals surface area (Å²) in [4.78, 5) is 16.1. The molecular formula is C16H19N3O2. The number of nitrogens with one attached hydrogen (secondary N) is 2. The first-order valence-electron chi connectivity index (χ1n) is 6.79. The van der Waals surface area contributed by atoms with Crippen LogP contribution in [0.2, 0.25) is 0 Å². The summed E-state index contributed by atoms with van der Waals surface area (Å²) in [6.45, 7) is 4.01. The molecule has 0 saturated carbocycles. The number of hydrogen-bond acceptors (Lipinski definition) is 3. The van der Waals surface area contributed by atoms with Crippen molar-refractivity contribution in [3.63, 3.8) is 0 Å². The number of pyridine rings is 1. The lowest BCUT2D eigenvalue weighted by molar-refractivity contribution is 0.199. The van der Waals surface area contributed by atoms with Crippen LogP contribution < -0.4 is 10.6 Å². The molecule has 0 fully saturated rings. The van der Waals surface area contributed by atoms with Crippen LogP contribution >= 0.6 is 0 Å². The van der Waals surface area contributed by atoms with Crippen molar-refractivity contribution in [2.75, 3.05) is 5.32 Å². The number of amides is 2. The molecule has 2 amide bonds. The summed E-state index contributed by atoms with van der Waals surface area (Å²) in [7, 11) is 0. The van der Waals surface area contributed by atoms with Crippen LogP contribution in [0.25, 0.3) is 0 Å². The fourth-order valence-electron chi connectivity index (χ4n) is 1.92. The predicted octanol–water partition coefficient (Wildman–Crippen LogP) is 2.77. The molecule has 0 radical (unpaired) electrons. The summed E-state index contributed by atoms with van der Waals surface area (Å²) in [5.74, 6) is 0. The molecule has 1 atom stereocenters. The quantitative estimate of drug-likeness (QED) is 0.808. The van der Waals surface area contributed by atoms with Crippen molar-refractivity contribution >= 4 is 11.7 Å². The molecule has 1 unspecified atom stereocenters. The maximum Gasteiger partial charge on any atom is 0.319 e. The van der Waals surface area contributed by atoms with Crippen molar-refractivity contribution in [1.29, 1.82) is 0 Å². The van der Waals surface area contributed by atoms with Crippen LogP contribution in [0.1, 0.15) is 29.8 Å². The highest BCUT2D eigenvalue weighted by Gasteiger charge is 2.06. The van der Waals surface area contributed by atoms with Crippen molar-refractivity contribution < 1.29 is 9.90 Å². The number of aromatic nitrogens is 1. The van der Waals surface area contributed by atoms with E-state index < -0.39 is 6.10 Å². The van der Waals surface area contributed by atoms with Crippen LogP contribution in [-0.4, -0.2) is 16.1 Å². The second kappa shape index (κ2) is 6.85. The smallest absolute Gasteiger partial charge is 0.319 e. The molecule has 5 heteroatoms. The highest BCUT2D eigenvalue weighted by Crippen LogP contribution is 2.16. The van der Waals surface area contributed by atoms with Gasteiger partial charge in [0, 0.05) is 11.9 Å². The lowest BCUT2D eigenvalue weighted by Crippen LogP contribution is -2.28. The SMILES string of the molecule is Cc1cccnc1CNC(=O)Nc1cccc(C(C)O)c1. The van der Waals surface area contributed by atoms with Crippen molar-refractivity contribution in [3.05, 3.63) is 59.4 Å². The fraction of sp³-hybridized carbons (Fsp3) is 0.250. The van der Waals surface area contributed by atoms with E-state index in [1.54, 1.807) is 31.3 Å². The van der Waals surface area contributed by atoms with Crippen LogP contribution in [-0.2, 0) is 6.54 Å². The van der Waals surface area contributed by atoms with Crippen LogP contribution in [0.5, 0.6) is 0 Å². The minimum atomic E-state index is -0.564. The molecular weight excluding hydrogens is 266 g/mol. The molecule has 21 heavy (non-hydrogen) atoms. The van der Waals surface area contributed by atoms with E-state index in [1.165, 1.54) is 0 Å². The van der Waals surface area contributed by atoms with Gasteiger partial charge in [-0.3, -0.25) is 4.98 Å². The Morgan fingerprint density at radius 3 is 2.86 bits per heavy atom. The van der Waals surface area contributed by atoms with Gasteiger partial charge in [-0.2, -0.15) is 0 Å². The average molecular weight is 285 g/mol. The number of benzene rings is 1. The first-order chi connectivity index (χ1) is 10.1. The monoisotopic (exact) mass is 285 g/mol. The van der Waals surface area contributed by atoms with Gasteiger partial charge in [0.05, 0.1) is 18.3 Å². The largest absolute Gasteiger partial charge is 0.389 e. The first-order valence-corrected chi connectivity index (χ1v) is 6.79. The van der Waals surface area contributed by atoms with Crippen LogP contribution in [0.4, 0.5) is 10.5 Å². The van der Waals surface area contributed by atoms with E-state index in [-0.39, 0.29) is 6.03 Å². The average Bonchev–Trinajstić information content (AvgIpc) is 2.46. The Labute approximate surface area is 124 Å². The van der Waals surface area contributed by atoms with E-state index in [0.29, 0.717) is 12.2 Å². The molecule has 0 aliphatic rings. The van der Waals surface area contributed by atoms with Gasteiger partial charge >= 0.3 is 6.03 Å². The second-order valence-corrected chi connectivity index (χ2v) is 4.88. The maximum absolute atomic E-state index is 11.9. The standard InChI is InChI=1S/C16H19N3O2/c1-11-5-4-8-17-15(11)10-18-16(21)19-14-7-3-6-13(9-14)12(2)20/h3-9,12,20H,10H2,1-2H3,(H2,18,19,21). The molecule has 110 valence electrons. The Kier molecular flexibility index (Phi) is 4.90. The minimum absolute atomic E-state index is 0.303. The van der Waals surface area contributed by atoms with Gasteiger partial charge in [-0.1, -0.05) is 18.2 Å². The number of nitrogens with zero attached hydrogens (tertiary/aromatic N) is 1. The third-order valence-electron chi connectivity index (χ3n) is 3.16. The van der Waals surface area contributed by atoms with Crippen LogP contribution in [0, 0.1) is 6.92 Å². The Bertz CT molecular complexity index is 626. The van der Waals surface area contributed by atoms with Gasteiger partial charge in [-0.05, 0) is 43.2 Å². The fourth-order valence-corrected chi connectivity index (χ4v) is 1.92. The molecule has 3 N–H and O–H groups in total. The number of aryl methyl sites for hydroxylation is 1. The lowest BCUT2D eigenvalue weighted by Gasteiger charge is -2.10. The molecule has 0 bridgehead atoms. The summed E-state index contributed by atoms with van der Waals surface area (Å²) in [6.07, 6.45) is 1.14. The van der Waals surface area contributed by atoms with Gasteiger partial charge in [0.25, 0.3) is 0 Å². The topological polar surface area (TPSA) is 74.2 Å². The number of carbonyl (C=O) groups excluding carboxylic acids is 1. The molecule has 0 saturated heterocycles. The van der Waals surface area contributed by atoms with Gasteiger partial charge in [0.1, 0.15) is 0 Å². The van der Waals surface area contributed by atoms with Gasteiger partial charge in [-0.15, -0.1) is 0 Å². The van der Waals surface area contributed by atoms with E-state index >= 15 is 0 Å². The molecule has 0 aliphatic heterocycles. The Morgan fingerprint density at radius 1 is 1.33 bits per heavy atom. The summed E-state index contributed by atoms with van der Waals surface area (Å²) in [5.41, 5.74) is 3.27. The van der Waals surface area contributed by atoms with Crippen LogP contribution in [0.3, 0.4) is 0 Å². The highest BCUT2D eigenvalue weighted by molar-refractivity contribution is 5.89. The van der Waals surface area contributed by atoms with Crippen molar-refractivity contribution in [1.82, 2.24) is 10.3 Å². The molecule has 2 rings (SSSR count). The number of aliphatic hydroxyl groups excluding tert-OH is 1. The third kappa shape index (κ3) is 4.29. The van der Waals surface area contributed by atoms with E-state index in [1.807, 2.05) is 25.1 Å². The first kappa shape index (κ1) is 15.0. The lowest BCUT2D eigenvalue weighted by atomic mass is 10.1. The zero-order valence-electron chi connectivity index (χ0n) is 12.1. The summed E-state index contributed by atoms with van der Waals surface area (Å²) >= 11 is 0. The predicted molar refractivity (Wildman–Crippen MR) is 81.9 cm³/mol. The second-order valence-electron chi connectivity index (χ2n) is 4.88. The molecule has 1 aromatic heterocycles. The van der Waals surface area contributed by atoms with Crippen LogP contribution in [0.15, 0.2) is 42.6 Å². The molecule has 0 aliphatic carbocycles. The number of hydrogen-bond donors (Lipinski definition) is 3. The third-order valence-corrected chi connectivity index (χ3v) is 3.16. The molecule has 0 spiro atoms. The highest BCUT2D eigenvalue weighted by atomic mass is 16.3. The molecule has 1 aromatic carbocycles. The number of aliphatic hydroxyl groups is 1. The number of anilines is 1. The normalized spacial score (nSPS) is 11.8. The van der Waals surface area contributed by atoms with E-state index in [9.17, 15) is 9.90 Å². The molecule has 5 nitrogen and oxygen atoms in total. The van der Waals surface area contributed by atoms with Gasteiger partial charge in [-0.25, -0.2) is 4.79 Å². The minimum Gasteiger partial charge on any atom is -0.389 e. The van der Waals surface area contributed by atoms with Gasteiger partial charge < -0.3 is 15.7 Å². The van der Waals surface area contributed by atoms with E-state index in [4.69, 9.17) is 0 Å². The van der Waals surface area contributed by atoms with E-state index in [0.717, 1.165) is 16.8 Å². The molecule has 2 aromatic rings. The van der Waals surface area contributed by atoms with Crippen molar-refractivity contribution in [2.45, 2.75) is 26.5 Å². The van der Waals surface area contributed by atoms with E-state index in [2.05, 4.69) is 15.6 Å². The van der Waals surface area contributed by atoms with Crippen molar-refractivity contribution in [3.8, 4) is 0 Å². The Hall–Kier alpha value is -2.40. The molecule has 1 heterocycles. The zero-order valence-corrected chi connectivity index (χ0v) is 12.1. The number of urea groups is 1. The number of rotatable bonds is 4. The number of carbonyl (C=O) groups is 1. The summed E-state index contributed by atoms with van der Waals surface area (Å²) < 4.78 is 0. The summed E-state index contributed by atoms with van der Waals surface area (Å²) in [6, 6.07) is 10.6. The maximum atomic E-state index is 11.9. The van der Waals surface area contributed by atoms with Crippen molar-refractivity contribution in [2.24, 2.45) is 0 Å². The Balaban J connectivity index is 1.93.